The Morgan fingerprint density at radius 2 is 1.82 bits per heavy atom. The van der Waals surface area contributed by atoms with Crippen molar-refractivity contribution in [3.8, 4) is 0 Å². The molecule has 17 heavy (non-hydrogen) atoms. The maximum absolute atomic E-state index is 11.9. The SMILES string of the molecule is CSc1nc(N)c2c(=O)n(C)c(=O)n(C)c2n1. The van der Waals surface area contributed by atoms with Gasteiger partial charge in [-0.2, -0.15) is 0 Å². The summed E-state index contributed by atoms with van der Waals surface area (Å²) in [4.78, 5) is 31.8. The van der Waals surface area contributed by atoms with Crippen molar-refractivity contribution in [2.45, 2.75) is 5.16 Å². The number of hydrogen-bond acceptors (Lipinski definition) is 6. The molecule has 0 radical (unpaired) electrons. The molecule has 2 heterocycles. The number of aromatic nitrogens is 4. The van der Waals surface area contributed by atoms with Crippen LogP contribution in [0, 0.1) is 0 Å². The maximum atomic E-state index is 11.9. The molecule has 0 aliphatic rings. The fraction of sp³-hybridized carbons (Fsp3) is 0.333. The van der Waals surface area contributed by atoms with Crippen LogP contribution in [0.25, 0.3) is 11.0 Å². The van der Waals surface area contributed by atoms with E-state index in [2.05, 4.69) is 9.97 Å². The highest BCUT2D eigenvalue weighted by atomic mass is 32.2. The first-order valence-electron chi connectivity index (χ1n) is 4.74. The molecule has 2 aromatic rings. The molecule has 0 bridgehead atoms. The van der Waals surface area contributed by atoms with Gasteiger partial charge in [0.05, 0.1) is 0 Å². The van der Waals surface area contributed by atoms with Gasteiger partial charge in [-0.05, 0) is 6.26 Å². The van der Waals surface area contributed by atoms with Crippen LogP contribution in [0.5, 0.6) is 0 Å². The van der Waals surface area contributed by atoms with E-state index in [0.717, 1.165) is 4.57 Å². The van der Waals surface area contributed by atoms with Gasteiger partial charge in [0.25, 0.3) is 5.56 Å². The molecule has 2 N–H and O–H groups in total. The minimum Gasteiger partial charge on any atom is -0.383 e. The van der Waals surface area contributed by atoms with E-state index in [0.29, 0.717) is 5.16 Å². The fourth-order valence-electron chi connectivity index (χ4n) is 1.55. The molecule has 0 saturated heterocycles. The Morgan fingerprint density at radius 3 is 2.41 bits per heavy atom. The Kier molecular flexibility index (Phi) is 2.66. The van der Waals surface area contributed by atoms with Gasteiger partial charge in [0.1, 0.15) is 11.2 Å². The number of rotatable bonds is 1. The molecule has 0 aromatic carbocycles. The second-order valence-electron chi connectivity index (χ2n) is 3.50. The van der Waals surface area contributed by atoms with E-state index in [1.54, 1.807) is 13.3 Å². The molecular weight excluding hydrogens is 242 g/mol. The van der Waals surface area contributed by atoms with Crippen LogP contribution < -0.4 is 17.0 Å². The van der Waals surface area contributed by atoms with E-state index in [4.69, 9.17) is 5.73 Å². The van der Waals surface area contributed by atoms with Gasteiger partial charge in [-0.15, -0.1) is 0 Å². The summed E-state index contributed by atoms with van der Waals surface area (Å²) >= 11 is 1.30. The zero-order chi connectivity index (χ0) is 12.7. The average molecular weight is 253 g/mol. The fourth-order valence-corrected chi connectivity index (χ4v) is 1.92. The first-order valence-corrected chi connectivity index (χ1v) is 5.97. The number of nitrogens with zero attached hydrogens (tertiary/aromatic N) is 4. The van der Waals surface area contributed by atoms with Crippen LogP contribution in [-0.2, 0) is 14.1 Å². The van der Waals surface area contributed by atoms with Gasteiger partial charge in [0, 0.05) is 14.1 Å². The summed E-state index contributed by atoms with van der Waals surface area (Å²) in [6.45, 7) is 0. The second-order valence-corrected chi connectivity index (χ2v) is 4.27. The summed E-state index contributed by atoms with van der Waals surface area (Å²) in [5.74, 6) is 0.0931. The lowest BCUT2D eigenvalue weighted by Crippen LogP contribution is -2.37. The Morgan fingerprint density at radius 1 is 1.18 bits per heavy atom. The number of fused-ring (bicyclic) bond motifs is 1. The quantitative estimate of drug-likeness (QED) is 0.535. The molecule has 0 aliphatic carbocycles. The normalized spacial score (nSPS) is 11.0. The van der Waals surface area contributed by atoms with Crippen molar-refractivity contribution in [1.29, 1.82) is 0 Å². The maximum Gasteiger partial charge on any atom is 0.332 e. The smallest absolute Gasteiger partial charge is 0.332 e. The predicted molar refractivity (Wildman–Crippen MR) is 66.2 cm³/mol. The third kappa shape index (κ3) is 1.60. The number of aryl methyl sites for hydroxylation is 1. The van der Waals surface area contributed by atoms with E-state index in [9.17, 15) is 9.59 Å². The Hall–Kier alpha value is -1.83. The Bertz CT molecular complexity index is 718. The largest absolute Gasteiger partial charge is 0.383 e. The first kappa shape index (κ1) is 11.6. The van der Waals surface area contributed by atoms with Gasteiger partial charge in [-0.3, -0.25) is 13.9 Å². The number of thioether (sulfide) groups is 1. The van der Waals surface area contributed by atoms with Gasteiger partial charge in [-0.1, -0.05) is 11.8 Å². The molecule has 0 aliphatic heterocycles. The van der Waals surface area contributed by atoms with Crippen LogP contribution in [0.4, 0.5) is 5.82 Å². The van der Waals surface area contributed by atoms with Crippen molar-refractivity contribution in [2.24, 2.45) is 14.1 Å². The van der Waals surface area contributed by atoms with Crippen molar-refractivity contribution in [3.63, 3.8) is 0 Å². The first-order chi connectivity index (χ1) is 7.97. The van der Waals surface area contributed by atoms with Gasteiger partial charge in [-0.25, -0.2) is 14.8 Å². The number of nitrogen functional groups attached to an aromatic ring is 1. The molecular formula is C9H11N5O2S. The molecule has 7 nitrogen and oxygen atoms in total. The molecule has 0 amide bonds. The van der Waals surface area contributed by atoms with E-state index >= 15 is 0 Å². The van der Waals surface area contributed by atoms with E-state index in [1.165, 1.54) is 23.4 Å². The lowest BCUT2D eigenvalue weighted by Gasteiger charge is -2.08. The lowest BCUT2D eigenvalue weighted by atomic mass is 10.3. The molecule has 8 heteroatoms. The van der Waals surface area contributed by atoms with Crippen LogP contribution in [0.3, 0.4) is 0 Å². The topological polar surface area (TPSA) is 95.8 Å². The molecule has 2 aromatic heterocycles. The van der Waals surface area contributed by atoms with Crippen molar-refractivity contribution in [2.75, 3.05) is 12.0 Å². The summed E-state index contributed by atoms with van der Waals surface area (Å²) < 4.78 is 2.27. The standard InChI is InChI=1S/C9H11N5O2S/c1-13-6-4(7(15)14(2)9(13)16)5(10)11-8(12-6)17-3/h1-3H3,(H2,10,11,12). The van der Waals surface area contributed by atoms with Gasteiger partial charge in [0.15, 0.2) is 10.8 Å². The van der Waals surface area contributed by atoms with Gasteiger partial charge < -0.3 is 5.73 Å². The van der Waals surface area contributed by atoms with Crippen molar-refractivity contribution in [1.82, 2.24) is 19.1 Å². The Balaban J connectivity index is 3.12. The number of nitrogens with two attached hydrogens (primary N) is 1. The van der Waals surface area contributed by atoms with Gasteiger partial charge >= 0.3 is 5.69 Å². The number of anilines is 1. The Labute approximate surface area is 100 Å². The van der Waals surface area contributed by atoms with Crippen LogP contribution in [-0.4, -0.2) is 25.4 Å². The minimum absolute atomic E-state index is 0.0931. The van der Waals surface area contributed by atoms with E-state index < -0.39 is 11.2 Å². The monoisotopic (exact) mass is 253 g/mol. The van der Waals surface area contributed by atoms with Crippen molar-refractivity contribution >= 4 is 28.6 Å². The summed E-state index contributed by atoms with van der Waals surface area (Å²) in [5.41, 5.74) is 5.07. The zero-order valence-electron chi connectivity index (χ0n) is 9.59. The van der Waals surface area contributed by atoms with Crippen LogP contribution in [0.1, 0.15) is 0 Å². The highest BCUT2D eigenvalue weighted by Gasteiger charge is 2.14. The molecule has 0 unspecified atom stereocenters. The second kappa shape index (κ2) is 3.88. The summed E-state index contributed by atoms with van der Waals surface area (Å²) in [5, 5.41) is 0.602. The summed E-state index contributed by atoms with van der Waals surface area (Å²) in [6.07, 6.45) is 1.79. The predicted octanol–water partition coefficient (Wildman–Crippen LogP) is -0.669. The van der Waals surface area contributed by atoms with E-state index in [-0.39, 0.29) is 16.9 Å². The molecule has 2 rings (SSSR count). The molecule has 0 spiro atoms. The summed E-state index contributed by atoms with van der Waals surface area (Å²) in [7, 11) is 2.94. The molecule has 0 atom stereocenters. The third-order valence-electron chi connectivity index (χ3n) is 2.49. The average Bonchev–Trinajstić information content (AvgIpc) is 2.32. The van der Waals surface area contributed by atoms with Crippen LogP contribution >= 0.6 is 11.8 Å². The highest BCUT2D eigenvalue weighted by molar-refractivity contribution is 7.98. The molecule has 0 fully saturated rings. The molecule has 90 valence electrons. The zero-order valence-corrected chi connectivity index (χ0v) is 10.4. The van der Waals surface area contributed by atoms with Crippen LogP contribution in [0.2, 0.25) is 0 Å². The summed E-state index contributed by atoms with van der Waals surface area (Å²) in [6, 6.07) is 0. The van der Waals surface area contributed by atoms with Crippen molar-refractivity contribution in [3.05, 3.63) is 20.8 Å². The third-order valence-corrected chi connectivity index (χ3v) is 3.04. The van der Waals surface area contributed by atoms with E-state index in [1.807, 2.05) is 0 Å². The van der Waals surface area contributed by atoms with Crippen LogP contribution in [0.15, 0.2) is 14.7 Å². The highest BCUT2D eigenvalue weighted by Crippen LogP contribution is 2.16. The lowest BCUT2D eigenvalue weighted by molar-refractivity contribution is 0.702. The minimum atomic E-state index is -0.478. The molecule has 0 saturated carbocycles. The van der Waals surface area contributed by atoms with Gasteiger partial charge in [0.2, 0.25) is 0 Å². The van der Waals surface area contributed by atoms with Crippen molar-refractivity contribution < 1.29 is 0 Å². The number of hydrogen-bond donors (Lipinski definition) is 1.